The van der Waals surface area contributed by atoms with Gasteiger partial charge in [-0.05, 0) is 39.0 Å². The molecule has 1 aromatic carbocycles. The largest absolute Gasteiger partial charge is 0.351 e. The molecule has 1 aliphatic carbocycles. The maximum Gasteiger partial charge on any atom is 0.263 e. The van der Waals surface area contributed by atoms with Gasteiger partial charge in [0.25, 0.3) is 5.91 Å². The first-order chi connectivity index (χ1) is 12.7. The highest BCUT2D eigenvalue weighted by Crippen LogP contribution is 2.27. The zero-order valence-electron chi connectivity index (χ0n) is 15.0. The van der Waals surface area contributed by atoms with Crippen LogP contribution in [-0.2, 0) is 0 Å². The monoisotopic (exact) mass is 365 g/mol. The van der Waals surface area contributed by atoms with Crippen LogP contribution in [0.3, 0.4) is 0 Å². The van der Waals surface area contributed by atoms with Crippen LogP contribution in [0.1, 0.15) is 47.5 Å². The number of nitrogens with zero attached hydrogens (tertiary/aromatic N) is 2. The van der Waals surface area contributed by atoms with Crippen LogP contribution >= 0.6 is 11.3 Å². The predicted octanol–water partition coefficient (Wildman–Crippen LogP) is 4.99. The quantitative estimate of drug-likeness (QED) is 0.647. The van der Waals surface area contributed by atoms with Crippen molar-refractivity contribution in [2.45, 2.75) is 39.0 Å². The number of carbonyl (C=O) groups excluding carboxylic acids is 1. The molecule has 0 spiro atoms. The van der Waals surface area contributed by atoms with Crippen LogP contribution < -0.4 is 5.32 Å². The minimum Gasteiger partial charge on any atom is -0.351 e. The molecule has 0 unspecified atom stereocenters. The summed E-state index contributed by atoms with van der Waals surface area (Å²) >= 11 is 1.46. The van der Waals surface area contributed by atoms with Crippen molar-refractivity contribution in [1.82, 2.24) is 14.7 Å². The van der Waals surface area contributed by atoms with E-state index in [1.165, 1.54) is 42.6 Å². The molecule has 1 aliphatic rings. The molecule has 2 heterocycles. The Hall–Kier alpha value is -2.40. The van der Waals surface area contributed by atoms with E-state index in [-0.39, 0.29) is 5.91 Å². The van der Waals surface area contributed by atoms with E-state index >= 15 is 0 Å². The SMILES string of the molecule is Cc1c(C(=O)NCCC2=CCCCC2)sc2nc(-c3ccccc3)cn12. The zero-order valence-corrected chi connectivity index (χ0v) is 15.8. The van der Waals surface area contributed by atoms with Gasteiger partial charge in [0.2, 0.25) is 0 Å². The molecule has 26 heavy (non-hydrogen) atoms. The van der Waals surface area contributed by atoms with Crippen LogP contribution in [0.25, 0.3) is 16.2 Å². The van der Waals surface area contributed by atoms with Crippen molar-refractivity contribution in [3.8, 4) is 11.3 Å². The number of thiazole rings is 1. The van der Waals surface area contributed by atoms with Crippen LogP contribution in [0.5, 0.6) is 0 Å². The topological polar surface area (TPSA) is 46.4 Å². The maximum absolute atomic E-state index is 12.6. The molecule has 5 heteroatoms. The van der Waals surface area contributed by atoms with Gasteiger partial charge in [0, 0.05) is 24.0 Å². The molecule has 0 radical (unpaired) electrons. The van der Waals surface area contributed by atoms with Crippen molar-refractivity contribution in [3.05, 3.63) is 58.7 Å². The minimum absolute atomic E-state index is 0.00988. The summed E-state index contributed by atoms with van der Waals surface area (Å²) in [4.78, 5) is 18.9. The second kappa shape index (κ2) is 7.46. The Morgan fingerprint density at radius 3 is 2.85 bits per heavy atom. The van der Waals surface area contributed by atoms with Crippen molar-refractivity contribution in [1.29, 1.82) is 0 Å². The summed E-state index contributed by atoms with van der Waals surface area (Å²) < 4.78 is 2.02. The summed E-state index contributed by atoms with van der Waals surface area (Å²) in [6.45, 7) is 2.69. The van der Waals surface area contributed by atoms with E-state index in [4.69, 9.17) is 4.98 Å². The number of rotatable bonds is 5. The average Bonchev–Trinajstić information content (AvgIpc) is 3.23. The van der Waals surface area contributed by atoms with Gasteiger partial charge in [-0.2, -0.15) is 0 Å². The number of imidazole rings is 1. The summed E-state index contributed by atoms with van der Waals surface area (Å²) in [6, 6.07) is 10.1. The number of nitrogens with one attached hydrogen (secondary N) is 1. The van der Waals surface area contributed by atoms with E-state index in [0.717, 1.165) is 33.2 Å². The lowest BCUT2D eigenvalue weighted by molar-refractivity contribution is 0.0957. The van der Waals surface area contributed by atoms with E-state index in [1.54, 1.807) is 0 Å². The smallest absolute Gasteiger partial charge is 0.263 e. The number of hydrogen-bond donors (Lipinski definition) is 1. The summed E-state index contributed by atoms with van der Waals surface area (Å²) in [6.07, 6.45) is 10.3. The van der Waals surface area contributed by atoms with Gasteiger partial charge in [-0.25, -0.2) is 4.98 Å². The Morgan fingerprint density at radius 1 is 1.27 bits per heavy atom. The van der Waals surface area contributed by atoms with Gasteiger partial charge in [0.15, 0.2) is 4.96 Å². The minimum atomic E-state index is 0.00988. The molecule has 0 saturated heterocycles. The summed E-state index contributed by atoms with van der Waals surface area (Å²) in [5.74, 6) is 0.00988. The third-order valence-corrected chi connectivity index (χ3v) is 6.10. The second-order valence-electron chi connectivity index (χ2n) is 6.78. The first kappa shape index (κ1) is 17.0. The van der Waals surface area contributed by atoms with Crippen molar-refractivity contribution in [2.75, 3.05) is 6.54 Å². The molecule has 0 bridgehead atoms. The Balaban J connectivity index is 1.46. The van der Waals surface area contributed by atoms with E-state index in [9.17, 15) is 4.79 Å². The predicted molar refractivity (Wildman–Crippen MR) is 107 cm³/mol. The number of amides is 1. The Bertz CT molecular complexity index is 952. The lowest BCUT2D eigenvalue weighted by Crippen LogP contribution is -2.24. The summed E-state index contributed by atoms with van der Waals surface area (Å²) in [7, 11) is 0. The van der Waals surface area contributed by atoms with Gasteiger partial charge < -0.3 is 5.32 Å². The first-order valence-electron chi connectivity index (χ1n) is 9.22. The Labute approximate surface area is 157 Å². The molecule has 1 amide bonds. The molecule has 4 rings (SSSR count). The zero-order chi connectivity index (χ0) is 17.9. The molecular formula is C21H23N3OS. The van der Waals surface area contributed by atoms with Crippen LogP contribution in [0.15, 0.2) is 48.2 Å². The fourth-order valence-corrected chi connectivity index (χ4v) is 4.48. The van der Waals surface area contributed by atoms with Gasteiger partial charge in [-0.1, -0.05) is 53.3 Å². The molecule has 134 valence electrons. The van der Waals surface area contributed by atoms with Gasteiger partial charge in [0.05, 0.1) is 5.69 Å². The molecule has 0 fully saturated rings. The third-order valence-electron chi connectivity index (χ3n) is 4.95. The first-order valence-corrected chi connectivity index (χ1v) is 10.0. The van der Waals surface area contributed by atoms with Crippen molar-refractivity contribution >= 4 is 22.2 Å². The van der Waals surface area contributed by atoms with Crippen LogP contribution in [0, 0.1) is 6.92 Å². The van der Waals surface area contributed by atoms with E-state index in [2.05, 4.69) is 23.5 Å². The highest BCUT2D eigenvalue weighted by molar-refractivity contribution is 7.19. The van der Waals surface area contributed by atoms with Gasteiger partial charge in [0.1, 0.15) is 4.88 Å². The number of carbonyl (C=O) groups is 1. The molecule has 0 saturated carbocycles. The Kier molecular flexibility index (Phi) is 4.89. The number of allylic oxidation sites excluding steroid dienone is 1. The number of fused-ring (bicyclic) bond motifs is 1. The van der Waals surface area contributed by atoms with E-state index < -0.39 is 0 Å². The Morgan fingerprint density at radius 2 is 2.12 bits per heavy atom. The van der Waals surface area contributed by atoms with Crippen molar-refractivity contribution in [3.63, 3.8) is 0 Å². The molecule has 4 nitrogen and oxygen atoms in total. The maximum atomic E-state index is 12.6. The highest BCUT2D eigenvalue weighted by atomic mass is 32.1. The fraction of sp³-hybridized carbons (Fsp3) is 0.333. The lowest BCUT2D eigenvalue weighted by atomic mass is 9.97. The summed E-state index contributed by atoms with van der Waals surface area (Å²) in [5.41, 5.74) is 4.47. The van der Waals surface area contributed by atoms with E-state index in [0.29, 0.717) is 6.54 Å². The summed E-state index contributed by atoms with van der Waals surface area (Å²) in [5, 5.41) is 3.07. The average molecular weight is 366 g/mol. The van der Waals surface area contributed by atoms with E-state index in [1.807, 2.05) is 35.7 Å². The van der Waals surface area contributed by atoms with Crippen LogP contribution in [-0.4, -0.2) is 21.8 Å². The lowest BCUT2D eigenvalue weighted by Gasteiger charge is -2.12. The standard InChI is InChI=1S/C21H23N3OS/c1-15-19(20(25)22-13-12-16-8-4-2-5-9-16)26-21-23-18(14-24(15)21)17-10-6-3-7-11-17/h3,6-8,10-11,14H,2,4-5,9,12-13H2,1H3,(H,22,25). The number of aromatic nitrogens is 2. The third kappa shape index (κ3) is 3.44. The van der Waals surface area contributed by atoms with Gasteiger partial charge in [-0.15, -0.1) is 0 Å². The highest BCUT2D eigenvalue weighted by Gasteiger charge is 2.18. The molecule has 2 aromatic heterocycles. The van der Waals surface area contributed by atoms with Gasteiger partial charge in [-0.3, -0.25) is 9.20 Å². The molecule has 1 N–H and O–H groups in total. The number of hydrogen-bond acceptors (Lipinski definition) is 3. The molecular weight excluding hydrogens is 342 g/mol. The normalized spacial score (nSPS) is 14.4. The number of aryl methyl sites for hydroxylation is 1. The second-order valence-corrected chi connectivity index (χ2v) is 7.75. The molecule has 0 aliphatic heterocycles. The van der Waals surface area contributed by atoms with Crippen molar-refractivity contribution in [2.24, 2.45) is 0 Å². The fourth-order valence-electron chi connectivity index (χ4n) is 3.46. The van der Waals surface area contributed by atoms with Crippen LogP contribution in [0.4, 0.5) is 0 Å². The van der Waals surface area contributed by atoms with Gasteiger partial charge >= 0.3 is 0 Å². The molecule has 3 aromatic rings. The molecule has 0 atom stereocenters. The van der Waals surface area contributed by atoms with Crippen LogP contribution in [0.2, 0.25) is 0 Å². The van der Waals surface area contributed by atoms with Crippen molar-refractivity contribution < 1.29 is 4.79 Å². The number of benzene rings is 1.